The molecule has 2 atom stereocenters. The Morgan fingerprint density at radius 3 is 2.82 bits per heavy atom. The van der Waals surface area contributed by atoms with Crippen molar-refractivity contribution in [2.75, 3.05) is 17.7 Å². The van der Waals surface area contributed by atoms with Crippen LogP contribution in [-0.4, -0.2) is 17.4 Å². The zero-order chi connectivity index (χ0) is 12.1. The predicted octanol–water partition coefficient (Wildman–Crippen LogP) is 4.30. The number of halogens is 2. The number of aromatic nitrogens is 1. The van der Waals surface area contributed by atoms with Gasteiger partial charge in [0.2, 0.25) is 0 Å². The lowest BCUT2D eigenvalue weighted by Gasteiger charge is -2.30. The van der Waals surface area contributed by atoms with E-state index in [-0.39, 0.29) is 0 Å². The average molecular weight is 318 g/mol. The van der Waals surface area contributed by atoms with Crippen molar-refractivity contribution >= 4 is 33.3 Å². The van der Waals surface area contributed by atoms with Crippen molar-refractivity contribution in [2.24, 2.45) is 11.8 Å². The minimum absolute atomic E-state index is 0.667. The molecular formula is C13H18BrClN2. The Labute approximate surface area is 116 Å². The molecule has 2 rings (SSSR count). The monoisotopic (exact) mass is 316 g/mol. The molecule has 1 aromatic heterocycles. The molecular weight excluding hydrogens is 300 g/mol. The summed E-state index contributed by atoms with van der Waals surface area (Å²) in [4.78, 5) is 4.32. The van der Waals surface area contributed by atoms with Crippen molar-refractivity contribution in [3.8, 4) is 0 Å². The van der Waals surface area contributed by atoms with Gasteiger partial charge in [-0.15, -0.1) is 11.6 Å². The highest BCUT2D eigenvalue weighted by molar-refractivity contribution is 9.10. The van der Waals surface area contributed by atoms with E-state index in [1.807, 2.05) is 18.3 Å². The minimum Gasteiger partial charge on any atom is -0.369 e. The van der Waals surface area contributed by atoms with Crippen molar-refractivity contribution in [2.45, 2.75) is 25.7 Å². The van der Waals surface area contributed by atoms with Gasteiger partial charge in [-0.2, -0.15) is 0 Å². The molecule has 1 heterocycles. The summed E-state index contributed by atoms with van der Waals surface area (Å²) >= 11 is 9.54. The first-order valence-electron chi connectivity index (χ1n) is 6.21. The number of rotatable bonds is 4. The van der Waals surface area contributed by atoms with E-state index in [4.69, 9.17) is 11.6 Å². The Morgan fingerprint density at radius 2 is 2.12 bits per heavy atom. The van der Waals surface area contributed by atoms with Crippen LogP contribution in [-0.2, 0) is 0 Å². The van der Waals surface area contributed by atoms with Crippen molar-refractivity contribution in [3.05, 3.63) is 22.8 Å². The highest BCUT2D eigenvalue weighted by Gasteiger charge is 2.24. The fourth-order valence-corrected chi connectivity index (χ4v) is 3.30. The van der Waals surface area contributed by atoms with Gasteiger partial charge in [0.05, 0.1) is 4.47 Å². The van der Waals surface area contributed by atoms with Crippen LogP contribution < -0.4 is 5.32 Å². The van der Waals surface area contributed by atoms with Crippen molar-refractivity contribution in [3.63, 3.8) is 0 Å². The van der Waals surface area contributed by atoms with E-state index in [2.05, 4.69) is 26.2 Å². The molecule has 1 N–H and O–H groups in total. The molecule has 0 radical (unpaired) electrons. The lowest BCUT2D eigenvalue weighted by molar-refractivity contribution is 0.272. The van der Waals surface area contributed by atoms with Crippen LogP contribution in [0.15, 0.2) is 22.8 Å². The predicted molar refractivity (Wildman–Crippen MR) is 76.6 cm³/mol. The molecule has 0 aromatic carbocycles. The first-order valence-corrected chi connectivity index (χ1v) is 7.54. The second kappa shape index (κ2) is 6.60. The van der Waals surface area contributed by atoms with Crippen LogP contribution in [0.5, 0.6) is 0 Å². The van der Waals surface area contributed by atoms with Crippen LogP contribution in [0, 0.1) is 11.8 Å². The molecule has 1 fully saturated rings. The molecule has 94 valence electrons. The summed E-state index contributed by atoms with van der Waals surface area (Å²) in [5, 5.41) is 3.43. The standard InChI is InChI=1S/C13H18BrClN2/c14-12-6-3-7-16-13(12)17-9-11-5-2-1-4-10(11)8-15/h3,6-7,10-11H,1-2,4-5,8-9H2,(H,16,17). The van der Waals surface area contributed by atoms with Gasteiger partial charge >= 0.3 is 0 Å². The SMILES string of the molecule is ClCC1CCCCC1CNc1ncccc1Br. The zero-order valence-corrected chi connectivity index (χ0v) is 12.2. The summed E-state index contributed by atoms with van der Waals surface area (Å²) in [6, 6.07) is 3.94. The second-order valence-electron chi connectivity index (χ2n) is 4.67. The molecule has 1 aromatic rings. The lowest BCUT2D eigenvalue weighted by atomic mass is 9.80. The van der Waals surface area contributed by atoms with E-state index in [9.17, 15) is 0 Å². The Hall–Kier alpha value is -0.280. The molecule has 2 nitrogen and oxygen atoms in total. The summed E-state index contributed by atoms with van der Waals surface area (Å²) in [6.45, 7) is 0.979. The molecule has 0 bridgehead atoms. The maximum Gasteiger partial charge on any atom is 0.140 e. The third kappa shape index (κ3) is 3.59. The molecule has 0 amide bonds. The van der Waals surface area contributed by atoms with E-state index >= 15 is 0 Å². The largest absolute Gasteiger partial charge is 0.369 e. The van der Waals surface area contributed by atoms with E-state index < -0.39 is 0 Å². The van der Waals surface area contributed by atoms with Crippen LogP contribution in [0.4, 0.5) is 5.82 Å². The van der Waals surface area contributed by atoms with Gasteiger partial charge in [0.1, 0.15) is 5.82 Å². The Kier molecular flexibility index (Phi) is 5.11. The summed E-state index contributed by atoms with van der Waals surface area (Å²) in [7, 11) is 0. The molecule has 1 aliphatic carbocycles. The van der Waals surface area contributed by atoms with Crippen LogP contribution in [0.2, 0.25) is 0 Å². The fourth-order valence-electron chi connectivity index (χ4n) is 2.50. The Morgan fingerprint density at radius 1 is 1.35 bits per heavy atom. The fraction of sp³-hybridized carbons (Fsp3) is 0.615. The molecule has 4 heteroatoms. The van der Waals surface area contributed by atoms with E-state index in [1.165, 1.54) is 25.7 Å². The molecule has 0 aliphatic heterocycles. The van der Waals surface area contributed by atoms with Crippen LogP contribution in [0.25, 0.3) is 0 Å². The number of hydrogen-bond donors (Lipinski definition) is 1. The summed E-state index contributed by atoms with van der Waals surface area (Å²) in [5.74, 6) is 3.08. The number of hydrogen-bond acceptors (Lipinski definition) is 2. The average Bonchev–Trinajstić information content (AvgIpc) is 2.38. The number of nitrogens with zero attached hydrogens (tertiary/aromatic N) is 1. The van der Waals surface area contributed by atoms with Crippen LogP contribution >= 0.6 is 27.5 Å². The first-order chi connectivity index (χ1) is 8.31. The van der Waals surface area contributed by atoms with Crippen LogP contribution in [0.1, 0.15) is 25.7 Å². The minimum atomic E-state index is 0.667. The molecule has 17 heavy (non-hydrogen) atoms. The lowest BCUT2D eigenvalue weighted by Crippen LogP contribution is -2.27. The molecule has 0 saturated heterocycles. The zero-order valence-electron chi connectivity index (χ0n) is 9.83. The summed E-state index contributed by atoms with van der Waals surface area (Å²) in [5.41, 5.74) is 0. The van der Waals surface area contributed by atoms with Crippen molar-refractivity contribution < 1.29 is 0 Å². The van der Waals surface area contributed by atoms with Gasteiger partial charge in [-0.25, -0.2) is 4.98 Å². The second-order valence-corrected chi connectivity index (χ2v) is 5.84. The van der Waals surface area contributed by atoms with E-state index in [0.717, 1.165) is 22.7 Å². The molecule has 1 saturated carbocycles. The van der Waals surface area contributed by atoms with E-state index in [1.54, 1.807) is 0 Å². The first kappa shape index (κ1) is 13.2. The topological polar surface area (TPSA) is 24.9 Å². The molecule has 0 spiro atoms. The maximum absolute atomic E-state index is 6.04. The van der Waals surface area contributed by atoms with Gasteiger partial charge in [-0.05, 0) is 52.7 Å². The number of anilines is 1. The van der Waals surface area contributed by atoms with Gasteiger partial charge in [0.25, 0.3) is 0 Å². The molecule has 2 unspecified atom stereocenters. The number of nitrogens with one attached hydrogen (secondary N) is 1. The quantitative estimate of drug-likeness (QED) is 0.837. The summed E-state index contributed by atoms with van der Waals surface area (Å²) < 4.78 is 1.03. The Bertz CT molecular complexity index is 359. The third-order valence-electron chi connectivity index (χ3n) is 3.55. The van der Waals surface area contributed by atoms with Crippen molar-refractivity contribution in [1.29, 1.82) is 0 Å². The Balaban J connectivity index is 1.90. The smallest absolute Gasteiger partial charge is 0.140 e. The highest BCUT2D eigenvalue weighted by Crippen LogP contribution is 2.31. The molecule has 1 aliphatic rings. The van der Waals surface area contributed by atoms with Gasteiger partial charge in [-0.1, -0.05) is 12.8 Å². The van der Waals surface area contributed by atoms with Gasteiger partial charge in [-0.3, -0.25) is 0 Å². The number of alkyl halides is 1. The maximum atomic E-state index is 6.04. The van der Waals surface area contributed by atoms with Gasteiger partial charge in [0.15, 0.2) is 0 Å². The summed E-state index contributed by atoms with van der Waals surface area (Å²) in [6.07, 6.45) is 7.05. The van der Waals surface area contributed by atoms with Gasteiger partial charge < -0.3 is 5.32 Å². The highest BCUT2D eigenvalue weighted by atomic mass is 79.9. The normalized spacial score (nSPS) is 24.6. The number of pyridine rings is 1. The third-order valence-corrected chi connectivity index (χ3v) is 4.59. The van der Waals surface area contributed by atoms with Crippen LogP contribution in [0.3, 0.4) is 0 Å². The van der Waals surface area contributed by atoms with Crippen molar-refractivity contribution in [1.82, 2.24) is 4.98 Å². The van der Waals surface area contributed by atoms with E-state index in [0.29, 0.717) is 11.8 Å². The van der Waals surface area contributed by atoms with Gasteiger partial charge in [0, 0.05) is 18.6 Å².